The molecule has 13 heavy (non-hydrogen) atoms. The molecule has 0 bridgehead atoms. The Morgan fingerprint density at radius 3 is 2.92 bits per heavy atom. The van der Waals surface area contributed by atoms with Crippen molar-refractivity contribution in [2.24, 2.45) is 5.73 Å². The average Bonchev–Trinajstić information content (AvgIpc) is 2.18. The van der Waals surface area contributed by atoms with Crippen LogP contribution in [0.2, 0.25) is 0 Å². The first-order valence-corrected chi connectivity index (χ1v) is 4.22. The molecule has 0 aliphatic heterocycles. The fraction of sp³-hybridized carbons (Fsp3) is 0.400. The molecule has 0 aliphatic rings. The van der Waals surface area contributed by atoms with Crippen molar-refractivity contribution in [3.8, 4) is 0 Å². The first kappa shape index (κ1) is 10.2. The van der Waals surface area contributed by atoms with Gasteiger partial charge < -0.3 is 15.6 Å². The molecule has 72 valence electrons. The second kappa shape index (κ2) is 4.97. The van der Waals surface area contributed by atoms with Gasteiger partial charge in [-0.3, -0.25) is 0 Å². The maximum Gasteiger partial charge on any atom is 0.0681 e. The molecule has 3 heteroatoms. The van der Waals surface area contributed by atoms with Gasteiger partial charge in [-0.15, -0.1) is 0 Å². The van der Waals surface area contributed by atoms with E-state index in [2.05, 4.69) is 0 Å². The number of hydrogen-bond acceptors (Lipinski definition) is 3. The second-order valence-electron chi connectivity index (χ2n) is 2.96. The van der Waals surface area contributed by atoms with E-state index in [-0.39, 0.29) is 12.6 Å². The van der Waals surface area contributed by atoms with Crippen molar-refractivity contribution in [2.45, 2.75) is 12.6 Å². The minimum Gasteiger partial charge on any atom is -0.392 e. The number of aliphatic hydroxyl groups excluding tert-OH is 1. The predicted octanol–water partition coefficient (Wildman–Crippen LogP) is 0.825. The van der Waals surface area contributed by atoms with Crippen LogP contribution in [0.5, 0.6) is 0 Å². The summed E-state index contributed by atoms with van der Waals surface area (Å²) in [4.78, 5) is 0. The molecule has 0 spiro atoms. The number of methoxy groups -OCH3 is 1. The van der Waals surface area contributed by atoms with Crippen LogP contribution in [0.3, 0.4) is 0 Å². The van der Waals surface area contributed by atoms with E-state index in [9.17, 15) is 0 Å². The molecular weight excluding hydrogens is 166 g/mol. The van der Waals surface area contributed by atoms with Gasteiger partial charge >= 0.3 is 0 Å². The molecule has 0 heterocycles. The van der Waals surface area contributed by atoms with Gasteiger partial charge in [0.1, 0.15) is 0 Å². The number of rotatable bonds is 4. The van der Waals surface area contributed by atoms with Crippen molar-refractivity contribution in [1.29, 1.82) is 0 Å². The van der Waals surface area contributed by atoms with Crippen LogP contribution in [0, 0.1) is 0 Å². The minimum atomic E-state index is -0.114. The van der Waals surface area contributed by atoms with Crippen molar-refractivity contribution in [3.63, 3.8) is 0 Å². The molecule has 3 nitrogen and oxygen atoms in total. The van der Waals surface area contributed by atoms with Gasteiger partial charge in [-0.2, -0.15) is 0 Å². The summed E-state index contributed by atoms with van der Waals surface area (Å²) in [5.41, 5.74) is 7.70. The summed E-state index contributed by atoms with van der Waals surface area (Å²) in [6.45, 7) is 0.544. The lowest BCUT2D eigenvalue weighted by molar-refractivity contribution is 0.181. The first-order chi connectivity index (χ1) is 6.27. The Kier molecular flexibility index (Phi) is 3.89. The van der Waals surface area contributed by atoms with Crippen molar-refractivity contribution in [1.82, 2.24) is 0 Å². The standard InChI is InChI=1S/C10H15NO2/c1-13-7-10(11)9-4-2-3-8(5-9)6-12/h2-5,10,12H,6-7,11H2,1H3/t10-/m1/s1. The lowest BCUT2D eigenvalue weighted by Crippen LogP contribution is -2.16. The zero-order valence-electron chi connectivity index (χ0n) is 7.73. The van der Waals surface area contributed by atoms with Gasteiger partial charge in [0.15, 0.2) is 0 Å². The fourth-order valence-electron chi connectivity index (χ4n) is 1.20. The maximum atomic E-state index is 8.90. The summed E-state index contributed by atoms with van der Waals surface area (Å²) in [7, 11) is 1.62. The minimum absolute atomic E-state index is 0.0491. The third-order valence-corrected chi connectivity index (χ3v) is 1.91. The molecule has 0 aromatic heterocycles. The molecule has 0 saturated carbocycles. The number of benzene rings is 1. The third kappa shape index (κ3) is 2.81. The molecule has 0 fully saturated rings. The van der Waals surface area contributed by atoms with Gasteiger partial charge in [-0.25, -0.2) is 0 Å². The molecule has 0 unspecified atom stereocenters. The lowest BCUT2D eigenvalue weighted by Gasteiger charge is -2.11. The van der Waals surface area contributed by atoms with Crippen molar-refractivity contribution in [2.75, 3.05) is 13.7 Å². The Labute approximate surface area is 78.1 Å². The summed E-state index contributed by atoms with van der Waals surface area (Å²) < 4.78 is 4.94. The summed E-state index contributed by atoms with van der Waals surface area (Å²) in [6, 6.07) is 7.46. The normalized spacial score (nSPS) is 12.8. The van der Waals surface area contributed by atoms with E-state index in [1.54, 1.807) is 7.11 Å². The Morgan fingerprint density at radius 2 is 2.31 bits per heavy atom. The van der Waals surface area contributed by atoms with Crippen molar-refractivity contribution in [3.05, 3.63) is 35.4 Å². The molecule has 0 aliphatic carbocycles. The van der Waals surface area contributed by atoms with Gasteiger partial charge in [0.25, 0.3) is 0 Å². The van der Waals surface area contributed by atoms with Crippen LogP contribution in [0.25, 0.3) is 0 Å². The van der Waals surface area contributed by atoms with Crippen molar-refractivity contribution < 1.29 is 9.84 Å². The van der Waals surface area contributed by atoms with E-state index in [4.69, 9.17) is 15.6 Å². The van der Waals surface area contributed by atoms with Gasteiger partial charge in [0.05, 0.1) is 19.3 Å². The third-order valence-electron chi connectivity index (χ3n) is 1.91. The van der Waals surface area contributed by atoms with Gasteiger partial charge in [-0.1, -0.05) is 24.3 Å². The number of ether oxygens (including phenoxy) is 1. The molecule has 0 radical (unpaired) electrons. The zero-order valence-corrected chi connectivity index (χ0v) is 7.73. The summed E-state index contributed by atoms with van der Waals surface area (Å²) in [5.74, 6) is 0. The first-order valence-electron chi connectivity index (χ1n) is 4.22. The quantitative estimate of drug-likeness (QED) is 0.723. The smallest absolute Gasteiger partial charge is 0.0681 e. The van der Waals surface area contributed by atoms with Crippen LogP contribution in [0.1, 0.15) is 17.2 Å². The Bertz CT molecular complexity index is 263. The van der Waals surface area contributed by atoms with Crippen LogP contribution >= 0.6 is 0 Å². The van der Waals surface area contributed by atoms with Crippen molar-refractivity contribution >= 4 is 0 Å². The Balaban J connectivity index is 2.75. The highest BCUT2D eigenvalue weighted by molar-refractivity contribution is 5.25. The zero-order chi connectivity index (χ0) is 9.68. The van der Waals surface area contributed by atoms with Crippen LogP contribution in [-0.2, 0) is 11.3 Å². The topological polar surface area (TPSA) is 55.5 Å². The predicted molar refractivity (Wildman–Crippen MR) is 51.2 cm³/mol. The number of hydrogen-bond donors (Lipinski definition) is 2. The van der Waals surface area contributed by atoms with Gasteiger partial charge in [-0.05, 0) is 11.1 Å². The molecule has 1 rings (SSSR count). The van der Waals surface area contributed by atoms with Crippen LogP contribution in [0.4, 0.5) is 0 Å². The highest BCUT2D eigenvalue weighted by Crippen LogP contribution is 2.12. The highest BCUT2D eigenvalue weighted by atomic mass is 16.5. The SMILES string of the molecule is COC[C@@H](N)c1cccc(CO)c1. The molecule has 3 N–H and O–H groups in total. The molecule has 1 atom stereocenters. The number of nitrogens with two attached hydrogens (primary N) is 1. The van der Waals surface area contributed by atoms with E-state index in [0.717, 1.165) is 11.1 Å². The van der Waals surface area contributed by atoms with Crippen LogP contribution < -0.4 is 5.73 Å². The maximum absolute atomic E-state index is 8.90. The van der Waals surface area contributed by atoms with E-state index in [0.29, 0.717) is 6.61 Å². The Hall–Kier alpha value is -0.900. The second-order valence-corrected chi connectivity index (χ2v) is 2.96. The van der Waals surface area contributed by atoms with Gasteiger partial charge in [0.2, 0.25) is 0 Å². The fourth-order valence-corrected chi connectivity index (χ4v) is 1.20. The van der Waals surface area contributed by atoms with Crippen LogP contribution in [-0.4, -0.2) is 18.8 Å². The van der Waals surface area contributed by atoms with E-state index in [1.165, 1.54) is 0 Å². The molecular formula is C10H15NO2. The van der Waals surface area contributed by atoms with Crippen LogP contribution in [0.15, 0.2) is 24.3 Å². The van der Waals surface area contributed by atoms with E-state index >= 15 is 0 Å². The average molecular weight is 181 g/mol. The van der Waals surface area contributed by atoms with E-state index in [1.807, 2.05) is 24.3 Å². The summed E-state index contributed by atoms with van der Waals surface area (Å²) in [6.07, 6.45) is 0. The molecule has 1 aromatic rings. The lowest BCUT2D eigenvalue weighted by atomic mass is 10.1. The Morgan fingerprint density at radius 1 is 1.54 bits per heavy atom. The summed E-state index contributed by atoms with van der Waals surface area (Å²) in [5, 5.41) is 8.90. The number of aliphatic hydroxyl groups is 1. The highest BCUT2D eigenvalue weighted by Gasteiger charge is 2.04. The molecule has 0 amide bonds. The molecule has 1 aromatic carbocycles. The molecule has 0 saturated heterocycles. The van der Waals surface area contributed by atoms with Gasteiger partial charge in [0, 0.05) is 7.11 Å². The monoisotopic (exact) mass is 181 g/mol. The summed E-state index contributed by atoms with van der Waals surface area (Å²) >= 11 is 0. The van der Waals surface area contributed by atoms with E-state index < -0.39 is 0 Å². The largest absolute Gasteiger partial charge is 0.392 e.